The van der Waals surface area contributed by atoms with Crippen molar-refractivity contribution in [2.75, 3.05) is 0 Å². The molecule has 32 heavy (non-hydrogen) atoms. The lowest BCUT2D eigenvalue weighted by molar-refractivity contribution is 0.244. The van der Waals surface area contributed by atoms with Gasteiger partial charge in [0.2, 0.25) is 0 Å². The number of hydrogen-bond acceptors (Lipinski definition) is 4. The van der Waals surface area contributed by atoms with Crippen molar-refractivity contribution in [3.63, 3.8) is 0 Å². The van der Waals surface area contributed by atoms with E-state index in [1.54, 1.807) is 12.1 Å². The highest BCUT2D eigenvalue weighted by Crippen LogP contribution is 2.27. The Bertz CT molecular complexity index is 1200. The molecule has 0 bridgehead atoms. The molecule has 0 saturated carbocycles. The van der Waals surface area contributed by atoms with Crippen LogP contribution in [0.25, 0.3) is 12.2 Å². The summed E-state index contributed by atoms with van der Waals surface area (Å²) in [4.78, 5) is 0. The van der Waals surface area contributed by atoms with Gasteiger partial charge >= 0.3 is 0 Å². The van der Waals surface area contributed by atoms with E-state index in [-0.39, 0.29) is 11.4 Å². The summed E-state index contributed by atoms with van der Waals surface area (Å²) in [6.45, 7) is 0.636. The van der Waals surface area contributed by atoms with Gasteiger partial charge in [-0.05, 0) is 35.4 Å². The normalized spacial score (nSPS) is 10.9. The number of benzene rings is 3. The average Bonchev–Trinajstić information content (AvgIpc) is 2.83. The van der Waals surface area contributed by atoms with E-state index in [0.717, 1.165) is 17.2 Å². The first-order valence-electron chi connectivity index (χ1n) is 10.0. The fraction of sp³-hybridized carbons (Fsp3) is 0.0769. The molecule has 4 aromatic rings. The molecule has 0 unspecified atom stereocenters. The minimum absolute atomic E-state index is 0.240. The Hall–Kier alpha value is -4.06. The maximum absolute atomic E-state index is 13.9. The molecule has 0 atom stereocenters. The fourth-order valence-electron chi connectivity index (χ4n) is 2.94. The lowest BCUT2D eigenvalue weighted by atomic mass is 10.2. The second kappa shape index (κ2) is 10.3. The van der Waals surface area contributed by atoms with Gasteiger partial charge in [-0.3, -0.25) is 0 Å². The zero-order valence-corrected chi connectivity index (χ0v) is 17.1. The minimum Gasteiger partial charge on any atom is -0.483 e. The lowest BCUT2D eigenvalue weighted by Gasteiger charge is -2.12. The van der Waals surface area contributed by atoms with Crippen LogP contribution in [0.1, 0.15) is 22.4 Å². The van der Waals surface area contributed by atoms with Crippen molar-refractivity contribution in [3.05, 3.63) is 119 Å². The van der Waals surface area contributed by atoms with Crippen molar-refractivity contribution < 1.29 is 18.3 Å². The van der Waals surface area contributed by atoms with Crippen molar-refractivity contribution in [1.29, 1.82) is 0 Å². The maximum Gasteiger partial charge on any atom is 0.276 e. The van der Waals surface area contributed by atoms with E-state index in [4.69, 9.17) is 9.47 Å². The summed E-state index contributed by atoms with van der Waals surface area (Å²) in [5.41, 5.74) is 2.66. The van der Waals surface area contributed by atoms with Gasteiger partial charge in [-0.1, -0.05) is 60.7 Å². The molecular formula is C26H20F2N2O2. The molecule has 1 heterocycles. The fourth-order valence-corrected chi connectivity index (χ4v) is 2.94. The minimum atomic E-state index is -0.655. The molecule has 4 rings (SSSR count). The Kier molecular flexibility index (Phi) is 6.82. The predicted octanol–water partition coefficient (Wildman–Crippen LogP) is 6.08. The third-order valence-corrected chi connectivity index (χ3v) is 4.60. The third kappa shape index (κ3) is 5.76. The van der Waals surface area contributed by atoms with Crippen LogP contribution in [0.2, 0.25) is 0 Å². The van der Waals surface area contributed by atoms with Crippen LogP contribution >= 0.6 is 0 Å². The van der Waals surface area contributed by atoms with Crippen molar-refractivity contribution in [1.82, 2.24) is 10.2 Å². The summed E-state index contributed by atoms with van der Waals surface area (Å²) in [5, 5.41) is 8.28. The Labute approximate surface area is 184 Å². The second-order valence-electron chi connectivity index (χ2n) is 6.99. The Morgan fingerprint density at radius 2 is 1.34 bits per heavy atom. The van der Waals surface area contributed by atoms with Crippen LogP contribution in [-0.2, 0) is 13.2 Å². The number of halogens is 2. The highest BCUT2D eigenvalue weighted by Gasteiger charge is 2.11. The zero-order chi connectivity index (χ0) is 22.2. The predicted molar refractivity (Wildman–Crippen MR) is 119 cm³/mol. The van der Waals surface area contributed by atoms with E-state index in [2.05, 4.69) is 10.2 Å². The van der Waals surface area contributed by atoms with Gasteiger partial charge < -0.3 is 9.47 Å². The van der Waals surface area contributed by atoms with E-state index < -0.39 is 11.6 Å². The Morgan fingerprint density at radius 3 is 2.00 bits per heavy atom. The number of aromatic nitrogens is 2. The maximum atomic E-state index is 13.9. The van der Waals surface area contributed by atoms with Crippen LogP contribution in [0.5, 0.6) is 11.6 Å². The summed E-state index contributed by atoms with van der Waals surface area (Å²) in [6, 6.07) is 24.5. The van der Waals surface area contributed by atoms with Crippen molar-refractivity contribution in [3.8, 4) is 11.6 Å². The number of ether oxygens (including phenoxy) is 2. The molecule has 0 aliphatic rings. The third-order valence-electron chi connectivity index (χ3n) is 4.60. The lowest BCUT2D eigenvalue weighted by Crippen LogP contribution is -2.04. The van der Waals surface area contributed by atoms with E-state index >= 15 is 0 Å². The molecule has 0 aliphatic heterocycles. The van der Waals surface area contributed by atoms with Gasteiger partial charge in [0.25, 0.3) is 5.88 Å². The molecule has 0 amide bonds. The van der Waals surface area contributed by atoms with Crippen molar-refractivity contribution in [2.24, 2.45) is 0 Å². The van der Waals surface area contributed by atoms with E-state index in [1.165, 1.54) is 18.2 Å². The van der Waals surface area contributed by atoms with E-state index in [0.29, 0.717) is 24.7 Å². The summed E-state index contributed by atoms with van der Waals surface area (Å²) >= 11 is 0. The first-order valence-corrected chi connectivity index (χ1v) is 10.0. The molecule has 0 radical (unpaired) electrons. The van der Waals surface area contributed by atoms with Gasteiger partial charge in [-0.2, -0.15) is 0 Å². The van der Waals surface area contributed by atoms with Gasteiger partial charge in [0.1, 0.15) is 24.8 Å². The first kappa shape index (κ1) is 21.2. The van der Waals surface area contributed by atoms with Crippen LogP contribution in [0.15, 0.2) is 84.9 Å². The van der Waals surface area contributed by atoms with Gasteiger partial charge in [0.05, 0.1) is 5.69 Å². The Morgan fingerprint density at radius 1 is 0.688 bits per heavy atom. The first-order chi connectivity index (χ1) is 15.7. The van der Waals surface area contributed by atoms with Crippen LogP contribution in [-0.4, -0.2) is 10.2 Å². The Balaban J connectivity index is 1.55. The molecule has 0 N–H and O–H groups in total. The zero-order valence-electron chi connectivity index (χ0n) is 17.1. The van der Waals surface area contributed by atoms with Gasteiger partial charge in [-0.25, -0.2) is 8.78 Å². The highest BCUT2D eigenvalue weighted by atomic mass is 19.1. The van der Waals surface area contributed by atoms with Crippen LogP contribution in [0.4, 0.5) is 8.78 Å². The van der Waals surface area contributed by atoms with E-state index in [9.17, 15) is 8.78 Å². The standard InChI is InChI=1S/C26H20F2N2O2/c27-22-13-11-21(24(28)15-22)12-14-23-16-25(31-17-19-7-3-1-4-8-19)26(30-29-23)32-18-20-9-5-2-6-10-20/h1-16H,17-18H2. The number of hydrogen-bond donors (Lipinski definition) is 0. The molecule has 0 saturated heterocycles. The number of nitrogens with zero attached hydrogens (tertiary/aromatic N) is 2. The number of rotatable bonds is 8. The van der Waals surface area contributed by atoms with Gasteiger partial charge in [0.15, 0.2) is 5.75 Å². The molecule has 0 aliphatic carbocycles. The molecule has 4 nitrogen and oxygen atoms in total. The van der Waals surface area contributed by atoms with Crippen molar-refractivity contribution in [2.45, 2.75) is 13.2 Å². The van der Waals surface area contributed by atoms with Crippen molar-refractivity contribution >= 4 is 12.2 Å². The molecule has 160 valence electrons. The topological polar surface area (TPSA) is 44.2 Å². The molecule has 3 aromatic carbocycles. The second-order valence-corrected chi connectivity index (χ2v) is 6.99. The summed E-state index contributed by atoms with van der Waals surface area (Å²) in [7, 11) is 0. The van der Waals surface area contributed by atoms with Gasteiger partial charge in [-0.15, -0.1) is 10.2 Å². The summed E-state index contributed by atoms with van der Waals surface area (Å²) in [5.74, 6) is -0.609. The summed E-state index contributed by atoms with van der Waals surface area (Å²) < 4.78 is 38.8. The van der Waals surface area contributed by atoms with Crippen LogP contribution in [0.3, 0.4) is 0 Å². The highest BCUT2D eigenvalue weighted by molar-refractivity contribution is 5.68. The molecule has 1 aromatic heterocycles. The van der Waals surface area contributed by atoms with Crippen LogP contribution in [0, 0.1) is 11.6 Å². The smallest absolute Gasteiger partial charge is 0.276 e. The summed E-state index contributed by atoms with van der Waals surface area (Å²) in [6.07, 6.45) is 3.09. The van der Waals surface area contributed by atoms with Gasteiger partial charge in [0, 0.05) is 17.7 Å². The molecule has 0 fully saturated rings. The van der Waals surface area contributed by atoms with Crippen LogP contribution < -0.4 is 9.47 Å². The molecular weight excluding hydrogens is 410 g/mol. The average molecular weight is 430 g/mol. The SMILES string of the molecule is Fc1ccc(C=Cc2cc(OCc3ccccc3)c(OCc3ccccc3)nn2)c(F)c1. The molecule has 0 spiro atoms. The van der Waals surface area contributed by atoms with E-state index in [1.807, 2.05) is 60.7 Å². The molecule has 6 heteroatoms. The monoisotopic (exact) mass is 430 g/mol. The quantitative estimate of drug-likeness (QED) is 0.340. The largest absolute Gasteiger partial charge is 0.483 e.